The van der Waals surface area contributed by atoms with Crippen LogP contribution in [0.4, 0.5) is 0 Å². The highest BCUT2D eigenvalue weighted by molar-refractivity contribution is 7.89. The van der Waals surface area contributed by atoms with Gasteiger partial charge in [0.1, 0.15) is 0 Å². The quantitative estimate of drug-likeness (QED) is 0.840. The first kappa shape index (κ1) is 14.2. The molecule has 0 heterocycles. The topological polar surface area (TPSA) is 63.4 Å². The van der Waals surface area contributed by atoms with Crippen molar-refractivity contribution in [1.82, 2.24) is 4.31 Å². The zero-order valence-corrected chi connectivity index (χ0v) is 11.2. The lowest BCUT2D eigenvalue weighted by Crippen LogP contribution is -2.27. The van der Waals surface area contributed by atoms with Crippen LogP contribution in [-0.4, -0.2) is 26.3 Å². The van der Waals surface area contributed by atoms with E-state index in [2.05, 4.69) is 0 Å². The molecule has 5 heteroatoms. The molecule has 0 aliphatic carbocycles. The molecule has 0 saturated carbocycles. The van der Waals surface area contributed by atoms with Gasteiger partial charge in [-0.15, -0.1) is 0 Å². The maximum Gasteiger partial charge on any atom is 0.242 e. The molecule has 0 unspecified atom stereocenters. The van der Waals surface area contributed by atoms with Gasteiger partial charge in [0, 0.05) is 20.1 Å². The van der Waals surface area contributed by atoms with Gasteiger partial charge >= 0.3 is 0 Å². The third kappa shape index (κ3) is 3.52. The first-order valence-electron chi connectivity index (χ1n) is 5.77. The second kappa shape index (κ2) is 6.14. The first-order valence-corrected chi connectivity index (χ1v) is 7.21. The summed E-state index contributed by atoms with van der Waals surface area (Å²) in [5.41, 5.74) is 6.41. The first-order chi connectivity index (χ1) is 8.02. The molecular formula is C12H20N2O2S. The van der Waals surface area contributed by atoms with Crippen molar-refractivity contribution in [1.29, 1.82) is 0 Å². The van der Waals surface area contributed by atoms with E-state index < -0.39 is 10.0 Å². The van der Waals surface area contributed by atoms with Crippen molar-refractivity contribution in [2.45, 2.75) is 31.2 Å². The second-order valence-electron chi connectivity index (χ2n) is 4.03. The fourth-order valence-corrected chi connectivity index (χ4v) is 2.69. The minimum atomic E-state index is -3.34. The predicted molar refractivity (Wildman–Crippen MR) is 69.1 cm³/mol. The van der Waals surface area contributed by atoms with E-state index in [-0.39, 0.29) is 0 Å². The Labute approximate surface area is 103 Å². The van der Waals surface area contributed by atoms with Crippen LogP contribution in [0.2, 0.25) is 0 Å². The van der Waals surface area contributed by atoms with Crippen LogP contribution in [-0.2, 0) is 16.6 Å². The summed E-state index contributed by atoms with van der Waals surface area (Å²) in [6.45, 7) is 3.01. The Morgan fingerprint density at radius 3 is 2.29 bits per heavy atom. The zero-order chi connectivity index (χ0) is 12.9. The maximum absolute atomic E-state index is 12.1. The van der Waals surface area contributed by atoms with E-state index in [0.29, 0.717) is 18.0 Å². The fourth-order valence-electron chi connectivity index (χ4n) is 1.48. The standard InChI is InChI=1S/C12H20N2O2S/c1-3-4-9-14(2)17(15,16)12-7-5-11(10-13)6-8-12/h5-8H,3-4,9-10,13H2,1-2H3. The van der Waals surface area contributed by atoms with Gasteiger partial charge in [-0.25, -0.2) is 12.7 Å². The van der Waals surface area contributed by atoms with Gasteiger partial charge in [0.05, 0.1) is 4.90 Å². The number of benzene rings is 1. The SMILES string of the molecule is CCCCN(C)S(=O)(=O)c1ccc(CN)cc1. The molecule has 1 aromatic carbocycles. The average molecular weight is 256 g/mol. The molecular weight excluding hydrogens is 236 g/mol. The molecule has 0 aliphatic rings. The summed E-state index contributed by atoms with van der Waals surface area (Å²) in [6, 6.07) is 6.72. The Balaban J connectivity index is 2.88. The van der Waals surface area contributed by atoms with Crippen molar-refractivity contribution >= 4 is 10.0 Å². The van der Waals surface area contributed by atoms with E-state index in [1.165, 1.54) is 4.31 Å². The molecule has 0 spiro atoms. The number of hydrogen-bond acceptors (Lipinski definition) is 3. The molecule has 0 atom stereocenters. The van der Waals surface area contributed by atoms with Gasteiger partial charge in [0.25, 0.3) is 0 Å². The summed E-state index contributed by atoms with van der Waals surface area (Å²) in [5, 5.41) is 0. The summed E-state index contributed by atoms with van der Waals surface area (Å²) >= 11 is 0. The van der Waals surface area contributed by atoms with E-state index in [1.807, 2.05) is 6.92 Å². The van der Waals surface area contributed by atoms with Gasteiger partial charge in [-0.1, -0.05) is 25.5 Å². The molecule has 0 amide bonds. The van der Waals surface area contributed by atoms with Gasteiger partial charge in [-0.2, -0.15) is 0 Å². The Bertz CT molecular complexity index is 440. The molecule has 1 rings (SSSR count). The van der Waals surface area contributed by atoms with Crippen LogP contribution in [0.3, 0.4) is 0 Å². The highest BCUT2D eigenvalue weighted by Gasteiger charge is 2.19. The molecule has 0 aliphatic heterocycles. The second-order valence-corrected chi connectivity index (χ2v) is 6.07. The molecule has 1 aromatic rings. The van der Waals surface area contributed by atoms with Crippen molar-refractivity contribution < 1.29 is 8.42 Å². The van der Waals surface area contributed by atoms with E-state index in [0.717, 1.165) is 18.4 Å². The van der Waals surface area contributed by atoms with Crippen molar-refractivity contribution in [2.24, 2.45) is 5.73 Å². The number of nitrogens with two attached hydrogens (primary N) is 1. The lowest BCUT2D eigenvalue weighted by molar-refractivity contribution is 0.459. The largest absolute Gasteiger partial charge is 0.326 e. The third-order valence-corrected chi connectivity index (χ3v) is 4.56. The Morgan fingerprint density at radius 1 is 1.24 bits per heavy atom. The molecule has 0 saturated heterocycles. The smallest absolute Gasteiger partial charge is 0.242 e. The third-order valence-electron chi connectivity index (χ3n) is 2.69. The summed E-state index contributed by atoms with van der Waals surface area (Å²) in [5.74, 6) is 0. The minimum Gasteiger partial charge on any atom is -0.326 e. The van der Waals surface area contributed by atoms with Crippen molar-refractivity contribution in [3.05, 3.63) is 29.8 Å². The van der Waals surface area contributed by atoms with Gasteiger partial charge in [-0.05, 0) is 24.1 Å². The van der Waals surface area contributed by atoms with Crippen LogP contribution in [0, 0.1) is 0 Å². The average Bonchev–Trinajstić information content (AvgIpc) is 2.35. The van der Waals surface area contributed by atoms with Gasteiger partial charge in [0.15, 0.2) is 0 Å². The van der Waals surface area contributed by atoms with Crippen molar-refractivity contribution in [3.8, 4) is 0 Å². The van der Waals surface area contributed by atoms with E-state index >= 15 is 0 Å². The molecule has 2 N–H and O–H groups in total. The Morgan fingerprint density at radius 2 is 1.82 bits per heavy atom. The number of hydrogen-bond donors (Lipinski definition) is 1. The summed E-state index contributed by atoms with van der Waals surface area (Å²) in [7, 11) is -1.73. The van der Waals surface area contributed by atoms with Crippen LogP contribution >= 0.6 is 0 Å². The molecule has 0 aromatic heterocycles. The monoisotopic (exact) mass is 256 g/mol. The molecule has 96 valence electrons. The Hall–Kier alpha value is -0.910. The number of rotatable bonds is 6. The zero-order valence-electron chi connectivity index (χ0n) is 10.4. The highest BCUT2D eigenvalue weighted by atomic mass is 32.2. The lowest BCUT2D eigenvalue weighted by atomic mass is 10.2. The van der Waals surface area contributed by atoms with Crippen molar-refractivity contribution in [3.63, 3.8) is 0 Å². The van der Waals surface area contributed by atoms with Crippen LogP contribution in [0.25, 0.3) is 0 Å². The van der Waals surface area contributed by atoms with Crippen LogP contribution in [0.1, 0.15) is 25.3 Å². The maximum atomic E-state index is 12.1. The molecule has 0 radical (unpaired) electrons. The number of sulfonamides is 1. The summed E-state index contributed by atoms with van der Waals surface area (Å²) in [4.78, 5) is 0.327. The van der Waals surface area contributed by atoms with Crippen LogP contribution in [0.5, 0.6) is 0 Å². The number of nitrogens with zero attached hydrogens (tertiary/aromatic N) is 1. The minimum absolute atomic E-state index is 0.327. The fraction of sp³-hybridized carbons (Fsp3) is 0.500. The molecule has 0 fully saturated rings. The van der Waals surface area contributed by atoms with Gasteiger partial charge < -0.3 is 5.73 Å². The Kier molecular flexibility index (Phi) is 5.11. The highest BCUT2D eigenvalue weighted by Crippen LogP contribution is 2.15. The molecule has 0 bridgehead atoms. The number of unbranched alkanes of at least 4 members (excludes halogenated alkanes) is 1. The summed E-state index contributed by atoms with van der Waals surface area (Å²) in [6.07, 6.45) is 1.85. The summed E-state index contributed by atoms with van der Waals surface area (Å²) < 4.78 is 25.7. The van der Waals surface area contributed by atoms with Gasteiger partial charge in [0.2, 0.25) is 10.0 Å². The normalized spacial score (nSPS) is 12.0. The predicted octanol–water partition coefficient (Wildman–Crippen LogP) is 1.57. The van der Waals surface area contributed by atoms with E-state index in [1.54, 1.807) is 31.3 Å². The van der Waals surface area contributed by atoms with Crippen LogP contribution < -0.4 is 5.73 Å². The molecule has 4 nitrogen and oxygen atoms in total. The van der Waals surface area contributed by atoms with Crippen LogP contribution in [0.15, 0.2) is 29.2 Å². The van der Waals surface area contributed by atoms with E-state index in [9.17, 15) is 8.42 Å². The lowest BCUT2D eigenvalue weighted by Gasteiger charge is -2.16. The van der Waals surface area contributed by atoms with Crippen molar-refractivity contribution in [2.75, 3.05) is 13.6 Å². The van der Waals surface area contributed by atoms with Gasteiger partial charge in [-0.3, -0.25) is 0 Å². The van der Waals surface area contributed by atoms with E-state index in [4.69, 9.17) is 5.73 Å². The molecule has 17 heavy (non-hydrogen) atoms.